The minimum Gasteiger partial charge on any atom is -0.490 e. The van der Waals surface area contributed by atoms with Gasteiger partial charge in [0.2, 0.25) is 5.91 Å². The van der Waals surface area contributed by atoms with Gasteiger partial charge in [0.05, 0.1) is 13.2 Å². The standard InChI is InChI=1S/C21H24ClNO3/c1-4-12-26-19-10-7-16(13-20(19)25-5-2)8-11-21(24)23-17-9-6-15(3)18(22)14-17/h6-11,13-14H,4-5,12H2,1-3H3,(H,23,24)/b11-8+. The van der Waals surface area contributed by atoms with Crippen molar-refractivity contribution in [1.82, 2.24) is 0 Å². The zero-order valence-corrected chi connectivity index (χ0v) is 16.1. The summed E-state index contributed by atoms with van der Waals surface area (Å²) >= 11 is 6.07. The van der Waals surface area contributed by atoms with Crippen LogP contribution < -0.4 is 14.8 Å². The van der Waals surface area contributed by atoms with Crippen molar-refractivity contribution in [3.8, 4) is 11.5 Å². The normalized spacial score (nSPS) is 10.8. The highest BCUT2D eigenvalue weighted by molar-refractivity contribution is 6.31. The highest BCUT2D eigenvalue weighted by Gasteiger charge is 2.06. The minimum absolute atomic E-state index is 0.228. The number of aryl methyl sites for hydroxylation is 1. The Hall–Kier alpha value is -2.46. The van der Waals surface area contributed by atoms with Crippen LogP contribution in [0.3, 0.4) is 0 Å². The maximum absolute atomic E-state index is 12.1. The number of carbonyl (C=O) groups excluding carboxylic acids is 1. The number of halogens is 1. The number of amides is 1. The van der Waals surface area contributed by atoms with E-state index in [2.05, 4.69) is 12.2 Å². The molecule has 0 aromatic heterocycles. The monoisotopic (exact) mass is 373 g/mol. The first kappa shape index (κ1) is 19.9. The van der Waals surface area contributed by atoms with Gasteiger partial charge in [-0.1, -0.05) is 30.7 Å². The zero-order chi connectivity index (χ0) is 18.9. The average Bonchev–Trinajstić information content (AvgIpc) is 2.62. The Morgan fingerprint density at radius 3 is 2.62 bits per heavy atom. The molecule has 2 aromatic rings. The second-order valence-electron chi connectivity index (χ2n) is 5.77. The summed E-state index contributed by atoms with van der Waals surface area (Å²) in [7, 11) is 0. The van der Waals surface area contributed by atoms with Gasteiger partial charge in [-0.3, -0.25) is 4.79 Å². The van der Waals surface area contributed by atoms with Crippen molar-refractivity contribution < 1.29 is 14.3 Å². The minimum atomic E-state index is -0.228. The quantitative estimate of drug-likeness (QED) is 0.622. The Labute approximate surface area is 159 Å². The van der Waals surface area contributed by atoms with Gasteiger partial charge in [-0.25, -0.2) is 0 Å². The van der Waals surface area contributed by atoms with Crippen molar-refractivity contribution in [3.05, 3.63) is 58.6 Å². The van der Waals surface area contributed by atoms with Crippen LogP contribution in [0.15, 0.2) is 42.5 Å². The van der Waals surface area contributed by atoms with Gasteiger partial charge in [-0.05, 0) is 61.7 Å². The van der Waals surface area contributed by atoms with E-state index in [1.807, 2.05) is 44.2 Å². The number of hydrogen-bond acceptors (Lipinski definition) is 3. The van der Waals surface area contributed by atoms with Crippen LogP contribution >= 0.6 is 11.6 Å². The SMILES string of the molecule is CCCOc1ccc(/C=C/C(=O)Nc2ccc(C)c(Cl)c2)cc1OCC. The fraction of sp³-hybridized carbons (Fsp3) is 0.286. The van der Waals surface area contributed by atoms with Gasteiger partial charge in [0.25, 0.3) is 0 Å². The Morgan fingerprint density at radius 2 is 1.92 bits per heavy atom. The Morgan fingerprint density at radius 1 is 1.12 bits per heavy atom. The summed E-state index contributed by atoms with van der Waals surface area (Å²) in [6.07, 6.45) is 4.14. The second-order valence-corrected chi connectivity index (χ2v) is 6.18. The largest absolute Gasteiger partial charge is 0.490 e. The molecule has 0 saturated carbocycles. The highest BCUT2D eigenvalue weighted by Crippen LogP contribution is 2.29. The molecule has 0 spiro atoms. The topological polar surface area (TPSA) is 47.6 Å². The van der Waals surface area contributed by atoms with Crippen LogP contribution in [0, 0.1) is 6.92 Å². The van der Waals surface area contributed by atoms with Gasteiger partial charge in [0.1, 0.15) is 0 Å². The van der Waals surface area contributed by atoms with Gasteiger partial charge in [-0.15, -0.1) is 0 Å². The van der Waals surface area contributed by atoms with Crippen LogP contribution in [0.25, 0.3) is 6.08 Å². The first-order valence-corrected chi connectivity index (χ1v) is 9.06. The number of carbonyl (C=O) groups is 1. The zero-order valence-electron chi connectivity index (χ0n) is 15.3. The summed E-state index contributed by atoms with van der Waals surface area (Å²) < 4.78 is 11.3. The molecule has 0 unspecified atom stereocenters. The number of ether oxygens (including phenoxy) is 2. The van der Waals surface area contributed by atoms with Gasteiger partial charge in [0.15, 0.2) is 11.5 Å². The Balaban J connectivity index is 2.06. The number of benzene rings is 2. The lowest BCUT2D eigenvalue weighted by Crippen LogP contribution is -2.07. The first-order valence-electron chi connectivity index (χ1n) is 8.68. The molecule has 2 rings (SSSR count). The summed E-state index contributed by atoms with van der Waals surface area (Å²) in [5, 5.41) is 3.41. The molecule has 0 aliphatic heterocycles. The molecule has 0 aliphatic carbocycles. The van der Waals surface area contributed by atoms with E-state index in [4.69, 9.17) is 21.1 Å². The molecule has 26 heavy (non-hydrogen) atoms. The Kier molecular flexibility index (Phi) is 7.54. The molecular weight excluding hydrogens is 350 g/mol. The fourth-order valence-corrected chi connectivity index (χ4v) is 2.43. The number of rotatable bonds is 8. The lowest BCUT2D eigenvalue weighted by atomic mass is 10.2. The molecule has 0 atom stereocenters. The summed E-state index contributed by atoms with van der Waals surface area (Å²) in [4.78, 5) is 12.1. The summed E-state index contributed by atoms with van der Waals surface area (Å²) in [5.41, 5.74) is 2.48. The lowest BCUT2D eigenvalue weighted by Gasteiger charge is -2.12. The van der Waals surface area contributed by atoms with Crippen molar-refractivity contribution in [2.75, 3.05) is 18.5 Å². The Bertz CT molecular complexity index is 787. The van der Waals surface area contributed by atoms with Gasteiger partial charge < -0.3 is 14.8 Å². The third-order valence-corrected chi connectivity index (χ3v) is 4.00. The van der Waals surface area contributed by atoms with E-state index in [-0.39, 0.29) is 5.91 Å². The molecule has 2 aromatic carbocycles. The van der Waals surface area contributed by atoms with Crippen molar-refractivity contribution in [3.63, 3.8) is 0 Å². The van der Waals surface area contributed by atoms with Crippen LogP contribution in [-0.2, 0) is 4.79 Å². The summed E-state index contributed by atoms with van der Waals surface area (Å²) in [6.45, 7) is 7.07. The van der Waals surface area contributed by atoms with Crippen molar-refractivity contribution in [2.45, 2.75) is 27.2 Å². The van der Waals surface area contributed by atoms with E-state index in [1.54, 1.807) is 12.1 Å². The van der Waals surface area contributed by atoms with Crippen molar-refractivity contribution in [2.24, 2.45) is 0 Å². The molecule has 0 radical (unpaired) electrons. The molecule has 0 aliphatic rings. The number of anilines is 1. The first-order chi connectivity index (χ1) is 12.5. The van der Waals surface area contributed by atoms with Gasteiger partial charge in [-0.2, -0.15) is 0 Å². The molecule has 138 valence electrons. The van der Waals surface area contributed by atoms with Crippen LogP contribution in [0.5, 0.6) is 11.5 Å². The third kappa shape index (κ3) is 5.81. The van der Waals surface area contributed by atoms with E-state index >= 15 is 0 Å². The maximum atomic E-state index is 12.1. The average molecular weight is 374 g/mol. The molecule has 0 saturated heterocycles. The fourth-order valence-electron chi connectivity index (χ4n) is 2.25. The third-order valence-electron chi connectivity index (χ3n) is 3.60. The van der Waals surface area contributed by atoms with E-state index in [0.717, 1.165) is 17.5 Å². The lowest BCUT2D eigenvalue weighted by molar-refractivity contribution is -0.111. The van der Waals surface area contributed by atoms with Crippen LogP contribution in [-0.4, -0.2) is 19.1 Å². The molecule has 4 nitrogen and oxygen atoms in total. The smallest absolute Gasteiger partial charge is 0.248 e. The molecule has 0 bridgehead atoms. The van der Waals surface area contributed by atoms with E-state index in [9.17, 15) is 4.79 Å². The van der Waals surface area contributed by atoms with E-state index < -0.39 is 0 Å². The molecule has 0 heterocycles. The number of hydrogen-bond donors (Lipinski definition) is 1. The van der Waals surface area contributed by atoms with Gasteiger partial charge >= 0.3 is 0 Å². The molecular formula is C21H24ClNO3. The van der Waals surface area contributed by atoms with Crippen molar-refractivity contribution >= 4 is 29.3 Å². The highest BCUT2D eigenvalue weighted by atomic mass is 35.5. The van der Waals surface area contributed by atoms with Crippen molar-refractivity contribution in [1.29, 1.82) is 0 Å². The van der Waals surface area contributed by atoms with E-state index in [0.29, 0.717) is 35.4 Å². The molecule has 0 fully saturated rings. The molecule has 1 N–H and O–H groups in total. The summed E-state index contributed by atoms with van der Waals surface area (Å²) in [5.74, 6) is 1.16. The van der Waals surface area contributed by atoms with Crippen LogP contribution in [0.2, 0.25) is 5.02 Å². The predicted molar refractivity (Wildman–Crippen MR) is 107 cm³/mol. The molecule has 5 heteroatoms. The van der Waals surface area contributed by atoms with Crippen LogP contribution in [0.4, 0.5) is 5.69 Å². The molecule has 1 amide bonds. The van der Waals surface area contributed by atoms with Crippen LogP contribution in [0.1, 0.15) is 31.4 Å². The number of nitrogens with one attached hydrogen (secondary N) is 1. The van der Waals surface area contributed by atoms with Gasteiger partial charge in [0, 0.05) is 16.8 Å². The second kappa shape index (κ2) is 9.88. The maximum Gasteiger partial charge on any atom is 0.248 e. The predicted octanol–water partition coefficient (Wildman–Crippen LogP) is 5.49. The summed E-state index contributed by atoms with van der Waals surface area (Å²) in [6, 6.07) is 11.0. The van der Waals surface area contributed by atoms with E-state index in [1.165, 1.54) is 6.08 Å².